The lowest BCUT2D eigenvalue weighted by Crippen LogP contribution is -2.28. The maximum atomic E-state index is 11.8. The number of urea groups is 1. The van der Waals surface area contributed by atoms with E-state index in [1.54, 1.807) is 24.3 Å². The first-order valence-electron chi connectivity index (χ1n) is 6.15. The molecule has 4 nitrogen and oxygen atoms in total. The lowest BCUT2D eigenvalue weighted by molar-refractivity contribution is 0.252. The van der Waals surface area contributed by atoms with Crippen LogP contribution in [0.5, 0.6) is 0 Å². The van der Waals surface area contributed by atoms with Crippen molar-refractivity contribution in [2.24, 2.45) is 0 Å². The Morgan fingerprint density at radius 2 is 2.05 bits per heavy atom. The van der Waals surface area contributed by atoms with E-state index >= 15 is 0 Å². The summed E-state index contributed by atoms with van der Waals surface area (Å²) in [7, 11) is 0. The second kappa shape index (κ2) is 7.70. The monoisotopic (exact) mass is 320 g/mol. The van der Waals surface area contributed by atoms with E-state index in [9.17, 15) is 4.79 Å². The Morgan fingerprint density at radius 3 is 2.76 bits per heavy atom. The zero-order valence-electron chi connectivity index (χ0n) is 11.0. The van der Waals surface area contributed by atoms with Crippen molar-refractivity contribution >= 4 is 34.7 Å². The summed E-state index contributed by atoms with van der Waals surface area (Å²) in [4.78, 5) is 12.7. The summed E-state index contributed by atoms with van der Waals surface area (Å²) in [6.45, 7) is 0.201. The Labute approximate surface area is 131 Å². The van der Waals surface area contributed by atoms with Crippen LogP contribution in [0.2, 0.25) is 5.02 Å². The number of carbonyl (C=O) groups is 1. The smallest absolute Gasteiger partial charge is 0.319 e. The van der Waals surface area contributed by atoms with Gasteiger partial charge in [-0.2, -0.15) is 0 Å². The Kier molecular flexibility index (Phi) is 5.64. The van der Waals surface area contributed by atoms with Crippen molar-refractivity contribution in [1.82, 2.24) is 5.32 Å². The maximum absolute atomic E-state index is 11.8. The maximum Gasteiger partial charge on any atom is 0.319 e. The molecule has 0 saturated carbocycles. The van der Waals surface area contributed by atoms with Gasteiger partial charge in [0.05, 0.1) is 6.54 Å². The van der Waals surface area contributed by atoms with E-state index in [-0.39, 0.29) is 12.6 Å². The molecule has 2 amide bonds. The standard InChI is InChI=1S/C15H13ClN2O2S/c16-12-3-5-13(6-4-12)18-15(20)17-10-14-11(2-1-8-19)7-9-21-14/h3-7,9,19H,8,10H2,(H2,17,18,20). The Bertz CT molecular complexity index is 671. The molecule has 108 valence electrons. The molecule has 0 aliphatic rings. The molecule has 21 heavy (non-hydrogen) atoms. The van der Waals surface area contributed by atoms with Crippen molar-refractivity contribution in [3.8, 4) is 11.8 Å². The van der Waals surface area contributed by atoms with Gasteiger partial charge in [-0.15, -0.1) is 11.3 Å². The minimum absolute atomic E-state index is 0.181. The van der Waals surface area contributed by atoms with Crippen LogP contribution in [-0.4, -0.2) is 17.7 Å². The topological polar surface area (TPSA) is 61.4 Å². The SMILES string of the molecule is O=C(NCc1sccc1C#CCO)Nc1ccc(Cl)cc1. The van der Waals surface area contributed by atoms with Crippen LogP contribution in [0.1, 0.15) is 10.4 Å². The zero-order chi connectivity index (χ0) is 15.1. The van der Waals surface area contributed by atoms with Crippen LogP contribution >= 0.6 is 22.9 Å². The fourth-order valence-electron chi connectivity index (χ4n) is 1.59. The van der Waals surface area contributed by atoms with Crippen molar-refractivity contribution in [1.29, 1.82) is 0 Å². The first-order valence-corrected chi connectivity index (χ1v) is 7.41. The molecule has 0 spiro atoms. The van der Waals surface area contributed by atoms with E-state index in [1.807, 2.05) is 11.4 Å². The molecule has 0 aliphatic carbocycles. The number of benzene rings is 1. The average Bonchev–Trinajstić information content (AvgIpc) is 2.93. The molecule has 1 heterocycles. The van der Waals surface area contributed by atoms with Crippen molar-refractivity contribution in [2.75, 3.05) is 11.9 Å². The van der Waals surface area contributed by atoms with E-state index in [1.165, 1.54) is 11.3 Å². The van der Waals surface area contributed by atoms with E-state index in [4.69, 9.17) is 16.7 Å². The largest absolute Gasteiger partial charge is 0.384 e. The number of hydrogen-bond acceptors (Lipinski definition) is 3. The second-order valence-electron chi connectivity index (χ2n) is 4.03. The van der Waals surface area contributed by atoms with E-state index in [0.29, 0.717) is 17.3 Å². The van der Waals surface area contributed by atoms with Crippen LogP contribution in [0, 0.1) is 11.8 Å². The van der Waals surface area contributed by atoms with Crippen LogP contribution in [0.25, 0.3) is 0 Å². The number of aliphatic hydroxyl groups is 1. The highest BCUT2D eigenvalue weighted by Gasteiger charge is 2.05. The summed E-state index contributed by atoms with van der Waals surface area (Å²) in [5, 5.41) is 16.7. The molecular weight excluding hydrogens is 308 g/mol. The molecule has 1 aromatic carbocycles. The molecule has 0 saturated heterocycles. The number of nitrogens with one attached hydrogen (secondary N) is 2. The van der Waals surface area contributed by atoms with Crippen LogP contribution in [0.3, 0.4) is 0 Å². The fourth-order valence-corrected chi connectivity index (χ4v) is 2.49. The van der Waals surface area contributed by atoms with Crippen molar-refractivity contribution in [2.45, 2.75) is 6.54 Å². The molecule has 1 aromatic heterocycles. The highest BCUT2D eigenvalue weighted by atomic mass is 35.5. The number of hydrogen-bond donors (Lipinski definition) is 3. The fraction of sp³-hybridized carbons (Fsp3) is 0.133. The van der Waals surface area contributed by atoms with Gasteiger partial charge in [-0.05, 0) is 35.7 Å². The third kappa shape index (κ3) is 4.80. The molecular formula is C15H13ClN2O2S. The van der Waals surface area contributed by atoms with E-state index in [0.717, 1.165) is 10.4 Å². The number of halogens is 1. The first-order chi connectivity index (χ1) is 10.2. The van der Waals surface area contributed by atoms with Gasteiger partial charge in [0.1, 0.15) is 6.61 Å². The number of amides is 2. The summed E-state index contributed by atoms with van der Waals surface area (Å²) in [6.07, 6.45) is 0. The van der Waals surface area contributed by atoms with Gasteiger partial charge in [-0.1, -0.05) is 23.4 Å². The molecule has 0 bridgehead atoms. The molecule has 2 rings (SSSR count). The van der Waals surface area contributed by atoms with Crippen molar-refractivity contribution in [3.05, 3.63) is 51.2 Å². The molecule has 3 N–H and O–H groups in total. The Morgan fingerprint density at radius 1 is 1.29 bits per heavy atom. The lowest BCUT2D eigenvalue weighted by atomic mass is 10.2. The van der Waals surface area contributed by atoms with Gasteiger partial charge < -0.3 is 15.7 Å². The number of aliphatic hydroxyl groups excluding tert-OH is 1. The minimum Gasteiger partial charge on any atom is -0.384 e. The van der Waals surface area contributed by atoms with Gasteiger partial charge in [0.25, 0.3) is 0 Å². The van der Waals surface area contributed by atoms with Gasteiger partial charge in [0.2, 0.25) is 0 Å². The number of anilines is 1. The van der Waals surface area contributed by atoms with Crippen molar-refractivity contribution < 1.29 is 9.90 Å². The minimum atomic E-state index is -0.299. The average molecular weight is 321 g/mol. The molecule has 6 heteroatoms. The zero-order valence-corrected chi connectivity index (χ0v) is 12.6. The number of rotatable bonds is 3. The summed E-state index contributed by atoms with van der Waals surface area (Å²) in [5.41, 5.74) is 1.49. The number of carbonyl (C=O) groups excluding carboxylic acids is 1. The van der Waals surface area contributed by atoms with Gasteiger partial charge in [0.15, 0.2) is 0 Å². The number of thiophene rings is 1. The Hall–Kier alpha value is -2.00. The normalized spacial score (nSPS) is 9.62. The lowest BCUT2D eigenvalue weighted by Gasteiger charge is -2.07. The summed E-state index contributed by atoms with van der Waals surface area (Å²) in [6, 6.07) is 8.43. The van der Waals surface area contributed by atoms with Gasteiger partial charge >= 0.3 is 6.03 Å². The summed E-state index contributed by atoms with van der Waals surface area (Å²) >= 11 is 7.28. The van der Waals surface area contributed by atoms with Crippen LogP contribution in [0.15, 0.2) is 35.7 Å². The van der Waals surface area contributed by atoms with Crippen LogP contribution < -0.4 is 10.6 Å². The Balaban J connectivity index is 1.89. The quantitative estimate of drug-likeness (QED) is 0.761. The molecule has 0 unspecified atom stereocenters. The van der Waals surface area contributed by atoms with E-state index < -0.39 is 0 Å². The predicted octanol–water partition coefficient (Wildman–Crippen LogP) is 3.07. The molecule has 0 atom stereocenters. The molecule has 0 radical (unpaired) electrons. The predicted molar refractivity (Wildman–Crippen MR) is 85.6 cm³/mol. The molecule has 0 fully saturated rings. The van der Waals surface area contributed by atoms with Gasteiger partial charge in [0, 0.05) is 21.2 Å². The highest BCUT2D eigenvalue weighted by molar-refractivity contribution is 7.10. The summed E-state index contributed by atoms with van der Waals surface area (Å²) < 4.78 is 0. The highest BCUT2D eigenvalue weighted by Crippen LogP contribution is 2.16. The van der Waals surface area contributed by atoms with E-state index in [2.05, 4.69) is 22.5 Å². The second-order valence-corrected chi connectivity index (χ2v) is 5.47. The van der Waals surface area contributed by atoms with Crippen LogP contribution in [-0.2, 0) is 6.54 Å². The summed E-state index contributed by atoms with van der Waals surface area (Å²) in [5.74, 6) is 5.44. The van der Waals surface area contributed by atoms with Crippen molar-refractivity contribution in [3.63, 3.8) is 0 Å². The van der Waals surface area contributed by atoms with Crippen LogP contribution in [0.4, 0.5) is 10.5 Å². The first kappa shape index (κ1) is 15.4. The van der Waals surface area contributed by atoms with Gasteiger partial charge in [-0.25, -0.2) is 4.79 Å². The molecule has 2 aromatic rings. The molecule has 0 aliphatic heterocycles. The van der Waals surface area contributed by atoms with Gasteiger partial charge in [-0.3, -0.25) is 0 Å². The third-order valence-corrected chi connectivity index (χ3v) is 3.73. The third-order valence-electron chi connectivity index (χ3n) is 2.56.